The fraction of sp³-hybridized carbons (Fsp3) is 0.688. The minimum atomic E-state index is -0.760. The summed E-state index contributed by atoms with van der Waals surface area (Å²) in [7, 11) is -0.760. The van der Waals surface area contributed by atoms with Gasteiger partial charge in [0.1, 0.15) is 0 Å². The highest BCUT2D eigenvalue weighted by Crippen LogP contribution is 2.44. The van der Waals surface area contributed by atoms with Crippen LogP contribution in [0.25, 0.3) is 0 Å². The van der Waals surface area contributed by atoms with Gasteiger partial charge in [0, 0.05) is 12.4 Å². The first-order chi connectivity index (χ1) is 8.79. The lowest BCUT2D eigenvalue weighted by atomic mass is 10.1. The second-order valence-electron chi connectivity index (χ2n) is 5.44. The molecule has 1 aromatic rings. The van der Waals surface area contributed by atoms with Crippen molar-refractivity contribution < 1.29 is 0 Å². The Morgan fingerprint density at radius 2 is 1.67 bits per heavy atom. The Morgan fingerprint density at radius 1 is 1.00 bits per heavy atom. The second kappa shape index (κ2) is 8.47. The van der Waals surface area contributed by atoms with Crippen LogP contribution in [0, 0.1) is 0 Å². The van der Waals surface area contributed by atoms with Crippen LogP contribution < -0.4 is 0 Å². The molecular weight excluding hydrogens is 234 g/mol. The van der Waals surface area contributed by atoms with Gasteiger partial charge in [-0.1, -0.05) is 70.7 Å². The Balaban J connectivity index is 0.000000225. The van der Waals surface area contributed by atoms with E-state index in [-0.39, 0.29) is 0 Å². The Kier molecular flexibility index (Phi) is 7.25. The Hall–Kier alpha value is -0.633. The van der Waals surface area contributed by atoms with E-state index in [9.17, 15) is 0 Å². The van der Waals surface area contributed by atoms with Gasteiger partial charge in [-0.05, 0) is 17.7 Å². The van der Waals surface area contributed by atoms with E-state index in [4.69, 9.17) is 0 Å². The number of pyridine rings is 1. The van der Waals surface area contributed by atoms with Crippen molar-refractivity contribution in [2.75, 3.05) is 0 Å². The maximum absolute atomic E-state index is 3.78. The molecule has 1 aliphatic heterocycles. The molecule has 0 aliphatic carbocycles. The Bertz CT molecular complexity index is 269. The average Bonchev–Trinajstić information content (AvgIpc) is 2.49. The maximum Gasteiger partial charge on any atom is 0.0561 e. The van der Waals surface area contributed by atoms with E-state index in [1.165, 1.54) is 18.4 Å². The molecule has 1 saturated heterocycles. The van der Waals surface area contributed by atoms with Crippen LogP contribution in [0.15, 0.2) is 30.6 Å². The van der Waals surface area contributed by atoms with Gasteiger partial charge in [0.25, 0.3) is 0 Å². The summed E-state index contributed by atoms with van der Waals surface area (Å²) in [6.45, 7) is 7.30. The lowest BCUT2D eigenvalue weighted by molar-refractivity contribution is 0.584. The molecule has 0 spiro atoms. The highest BCUT2D eigenvalue weighted by Gasteiger charge is 2.38. The topological polar surface area (TPSA) is 12.9 Å². The van der Waals surface area contributed by atoms with E-state index in [1.807, 2.05) is 18.2 Å². The predicted molar refractivity (Wildman–Crippen MR) is 83.7 cm³/mol. The van der Waals surface area contributed by atoms with Gasteiger partial charge in [0.05, 0.1) is 8.07 Å². The van der Waals surface area contributed by atoms with Crippen molar-refractivity contribution in [3.63, 3.8) is 0 Å². The fourth-order valence-electron chi connectivity index (χ4n) is 3.51. The predicted octanol–water partition coefficient (Wildman–Crippen LogP) is 5.52. The molecule has 1 unspecified atom stereocenters. The minimum Gasteiger partial charge on any atom is -0.265 e. The van der Waals surface area contributed by atoms with E-state index in [0.717, 1.165) is 0 Å². The molecule has 0 amide bonds. The molecule has 0 N–H and O–H groups in total. The summed E-state index contributed by atoms with van der Waals surface area (Å²) in [6, 6.07) is 10.4. The summed E-state index contributed by atoms with van der Waals surface area (Å²) in [5.41, 5.74) is 1.17. The summed E-state index contributed by atoms with van der Waals surface area (Å²) < 4.78 is 0. The Morgan fingerprint density at radius 3 is 2.00 bits per heavy atom. The standard InChI is InChI=1S/C11H24Si.C5H5N/c1-4-11-9-7-8-10-12(11,5-2)6-3;1-2-4-6-5-3-1/h11H,4-10H2,1-3H3;1-5H. The van der Waals surface area contributed by atoms with Crippen molar-refractivity contribution in [3.05, 3.63) is 30.6 Å². The molecule has 2 rings (SSSR count). The third-order valence-corrected chi connectivity index (χ3v) is 11.4. The zero-order valence-corrected chi connectivity index (χ0v) is 13.4. The lowest BCUT2D eigenvalue weighted by Gasteiger charge is -2.41. The molecule has 0 bridgehead atoms. The molecule has 1 aliphatic rings. The van der Waals surface area contributed by atoms with Gasteiger partial charge >= 0.3 is 0 Å². The summed E-state index contributed by atoms with van der Waals surface area (Å²) in [5.74, 6) is 0. The number of hydrogen-bond acceptors (Lipinski definition) is 1. The molecule has 1 atom stereocenters. The summed E-state index contributed by atoms with van der Waals surface area (Å²) in [6.07, 6.45) is 9.59. The highest BCUT2D eigenvalue weighted by molar-refractivity contribution is 6.81. The molecule has 18 heavy (non-hydrogen) atoms. The van der Waals surface area contributed by atoms with Crippen LogP contribution in [0.1, 0.15) is 46.5 Å². The summed E-state index contributed by atoms with van der Waals surface area (Å²) in [5, 5.41) is 0. The SMILES string of the molecule is CCC1CCCC[Si]1(CC)CC.c1ccncc1. The van der Waals surface area contributed by atoms with Crippen molar-refractivity contribution in [1.29, 1.82) is 0 Å². The zero-order chi connectivity index (χ0) is 13.3. The third-order valence-electron chi connectivity index (χ3n) is 4.81. The van der Waals surface area contributed by atoms with E-state index < -0.39 is 8.07 Å². The number of aromatic nitrogens is 1. The first-order valence-corrected chi connectivity index (χ1v) is 10.3. The first kappa shape index (κ1) is 15.4. The van der Waals surface area contributed by atoms with Crippen molar-refractivity contribution in [1.82, 2.24) is 4.98 Å². The monoisotopic (exact) mass is 263 g/mol. The molecule has 0 radical (unpaired) electrons. The lowest BCUT2D eigenvalue weighted by Crippen LogP contribution is -2.40. The molecule has 2 heterocycles. The van der Waals surface area contributed by atoms with E-state index in [2.05, 4.69) is 25.8 Å². The molecule has 1 fully saturated rings. The van der Waals surface area contributed by atoms with Gasteiger partial charge in [-0.3, -0.25) is 4.98 Å². The van der Waals surface area contributed by atoms with Crippen LogP contribution in [-0.4, -0.2) is 13.1 Å². The Labute approximate surface area is 114 Å². The normalized spacial score (nSPS) is 21.8. The van der Waals surface area contributed by atoms with Crippen molar-refractivity contribution in [2.24, 2.45) is 0 Å². The largest absolute Gasteiger partial charge is 0.265 e. The molecule has 1 nitrogen and oxygen atoms in total. The smallest absolute Gasteiger partial charge is 0.0561 e. The third kappa shape index (κ3) is 4.24. The number of hydrogen-bond donors (Lipinski definition) is 0. The van der Waals surface area contributed by atoms with Crippen molar-refractivity contribution in [2.45, 2.75) is 70.1 Å². The second-order valence-corrected chi connectivity index (χ2v) is 10.9. The van der Waals surface area contributed by atoms with E-state index in [1.54, 1.807) is 43.4 Å². The fourth-order valence-corrected chi connectivity index (χ4v) is 8.92. The van der Waals surface area contributed by atoms with E-state index in [0.29, 0.717) is 0 Å². The van der Waals surface area contributed by atoms with Crippen molar-refractivity contribution >= 4 is 8.07 Å². The van der Waals surface area contributed by atoms with Crippen LogP contribution in [0.4, 0.5) is 0 Å². The minimum absolute atomic E-state index is 0.760. The molecule has 0 saturated carbocycles. The molecule has 0 aromatic carbocycles. The van der Waals surface area contributed by atoms with Gasteiger partial charge in [0.15, 0.2) is 0 Å². The highest BCUT2D eigenvalue weighted by atomic mass is 28.3. The molecule has 2 heteroatoms. The van der Waals surface area contributed by atoms with Gasteiger partial charge in [-0.15, -0.1) is 0 Å². The number of nitrogens with zero attached hydrogens (tertiary/aromatic N) is 1. The van der Waals surface area contributed by atoms with E-state index >= 15 is 0 Å². The van der Waals surface area contributed by atoms with Gasteiger partial charge in [0.2, 0.25) is 0 Å². The van der Waals surface area contributed by atoms with Crippen LogP contribution in [0.2, 0.25) is 23.7 Å². The number of rotatable bonds is 3. The van der Waals surface area contributed by atoms with Crippen LogP contribution in [0.5, 0.6) is 0 Å². The van der Waals surface area contributed by atoms with Crippen LogP contribution in [0.3, 0.4) is 0 Å². The van der Waals surface area contributed by atoms with Gasteiger partial charge in [-0.2, -0.15) is 0 Å². The molecule has 1 aromatic heterocycles. The van der Waals surface area contributed by atoms with Gasteiger partial charge in [-0.25, -0.2) is 0 Å². The van der Waals surface area contributed by atoms with Crippen LogP contribution in [-0.2, 0) is 0 Å². The molecule has 102 valence electrons. The summed E-state index contributed by atoms with van der Waals surface area (Å²) >= 11 is 0. The van der Waals surface area contributed by atoms with Gasteiger partial charge < -0.3 is 0 Å². The van der Waals surface area contributed by atoms with Crippen molar-refractivity contribution in [3.8, 4) is 0 Å². The quantitative estimate of drug-likeness (QED) is 0.654. The average molecular weight is 264 g/mol. The maximum atomic E-state index is 3.78. The summed E-state index contributed by atoms with van der Waals surface area (Å²) in [4.78, 5) is 3.78. The molecular formula is C16H29NSi. The first-order valence-electron chi connectivity index (χ1n) is 7.64. The van der Waals surface area contributed by atoms with Crippen LogP contribution >= 0.6 is 0 Å². The zero-order valence-electron chi connectivity index (χ0n) is 12.4.